The number of amides is 1. The smallest absolute Gasteiger partial charge is 0.237 e. The highest BCUT2D eigenvalue weighted by molar-refractivity contribution is 5.82. The fourth-order valence-corrected chi connectivity index (χ4v) is 2.31. The van der Waals surface area contributed by atoms with Gasteiger partial charge in [0, 0.05) is 12.6 Å². The van der Waals surface area contributed by atoms with Crippen molar-refractivity contribution < 1.29 is 14.3 Å². The van der Waals surface area contributed by atoms with E-state index in [9.17, 15) is 14.3 Å². The summed E-state index contributed by atoms with van der Waals surface area (Å²) in [6.45, 7) is 2.29. The Morgan fingerprint density at radius 2 is 2.32 bits per heavy atom. The lowest BCUT2D eigenvalue weighted by Gasteiger charge is -2.17. The fourth-order valence-electron chi connectivity index (χ4n) is 2.31. The molecule has 19 heavy (non-hydrogen) atoms. The predicted octanol–water partition coefficient (Wildman–Crippen LogP) is 0.596. The molecule has 1 aliphatic heterocycles. The Kier molecular flexibility index (Phi) is 4.50. The van der Waals surface area contributed by atoms with Crippen molar-refractivity contribution in [2.75, 3.05) is 6.54 Å². The normalized spacial score (nSPS) is 24.2. The van der Waals surface area contributed by atoms with E-state index in [1.807, 2.05) is 6.92 Å². The van der Waals surface area contributed by atoms with E-state index in [2.05, 4.69) is 10.6 Å². The summed E-state index contributed by atoms with van der Waals surface area (Å²) < 4.78 is 13.5. The largest absolute Gasteiger partial charge is 0.392 e. The molecule has 0 saturated carbocycles. The van der Waals surface area contributed by atoms with Crippen LogP contribution in [0.5, 0.6) is 0 Å². The fraction of sp³-hybridized carbons (Fsp3) is 0.500. The Bertz CT molecular complexity index is 453. The average molecular weight is 266 g/mol. The van der Waals surface area contributed by atoms with Crippen LogP contribution in [0.25, 0.3) is 0 Å². The van der Waals surface area contributed by atoms with Crippen LogP contribution in [0, 0.1) is 5.82 Å². The van der Waals surface area contributed by atoms with E-state index in [-0.39, 0.29) is 23.8 Å². The van der Waals surface area contributed by atoms with Gasteiger partial charge in [0.05, 0.1) is 12.1 Å². The number of β-amino-alcohol motifs (C(OH)–C–C–N with tert-alkyl or cyclic N) is 1. The third kappa shape index (κ3) is 3.75. The van der Waals surface area contributed by atoms with E-state index in [0.717, 1.165) is 0 Å². The molecule has 0 spiro atoms. The molecule has 0 unspecified atom stereocenters. The zero-order valence-corrected chi connectivity index (χ0v) is 10.9. The first kappa shape index (κ1) is 14.0. The number of aliphatic hydroxyl groups excluding tert-OH is 1. The molecule has 0 radical (unpaired) electrons. The van der Waals surface area contributed by atoms with Gasteiger partial charge in [0.1, 0.15) is 5.82 Å². The van der Waals surface area contributed by atoms with Gasteiger partial charge in [0.25, 0.3) is 0 Å². The van der Waals surface area contributed by atoms with Gasteiger partial charge in [0.15, 0.2) is 0 Å². The van der Waals surface area contributed by atoms with E-state index >= 15 is 0 Å². The van der Waals surface area contributed by atoms with Gasteiger partial charge in [-0.2, -0.15) is 0 Å². The summed E-state index contributed by atoms with van der Waals surface area (Å²) in [7, 11) is 0. The molecule has 2 rings (SSSR count). The minimum absolute atomic E-state index is 0.139. The van der Waals surface area contributed by atoms with Gasteiger partial charge in [-0.25, -0.2) is 4.39 Å². The van der Waals surface area contributed by atoms with Crippen LogP contribution in [-0.4, -0.2) is 35.7 Å². The molecule has 4 nitrogen and oxygen atoms in total. The van der Waals surface area contributed by atoms with Crippen LogP contribution < -0.4 is 10.6 Å². The van der Waals surface area contributed by atoms with Crippen molar-refractivity contribution in [3.05, 3.63) is 35.6 Å². The Morgan fingerprint density at radius 1 is 1.58 bits per heavy atom. The average Bonchev–Trinajstić information content (AvgIpc) is 2.79. The van der Waals surface area contributed by atoms with Crippen LogP contribution in [0.3, 0.4) is 0 Å². The summed E-state index contributed by atoms with van der Waals surface area (Å²) >= 11 is 0. The lowest BCUT2D eigenvalue weighted by molar-refractivity contribution is -0.123. The first-order valence-corrected chi connectivity index (χ1v) is 6.51. The van der Waals surface area contributed by atoms with Crippen LogP contribution >= 0.6 is 0 Å². The summed E-state index contributed by atoms with van der Waals surface area (Å²) in [4.78, 5) is 11.9. The zero-order valence-electron chi connectivity index (χ0n) is 10.9. The van der Waals surface area contributed by atoms with Crippen molar-refractivity contribution in [2.45, 2.75) is 38.0 Å². The maximum Gasteiger partial charge on any atom is 0.237 e. The third-order valence-corrected chi connectivity index (χ3v) is 3.30. The maximum atomic E-state index is 13.5. The third-order valence-electron chi connectivity index (χ3n) is 3.30. The highest BCUT2D eigenvalue weighted by Gasteiger charge is 2.28. The number of carbonyl (C=O) groups is 1. The molecule has 5 heteroatoms. The van der Waals surface area contributed by atoms with E-state index in [1.165, 1.54) is 6.07 Å². The van der Waals surface area contributed by atoms with Crippen molar-refractivity contribution in [3.63, 3.8) is 0 Å². The van der Waals surface area contributed by atoms with Crippen molar-refractivity contribution >= 4 is 5.91 Å². The van der Waals surface area contributed by atoms with Crippen LogP contribution in [-0.2, 0) is 11.2 Å². The van der Waals surface area contributed by atoms with E-state index in [0.29, 0.717) is 24.9 Å². The Hall–Kier alpha value is -1.46. The number of halogens is 1. The summed E-state index contributed by atoms with van der Waals surface area (Å²) in [6.07, 6.45) is 0.420. The molecule has 1 fully saturated rings. The molecule has 0 aromatic heterocycles. The monoisotopic (exact) mass is 266 g/mol. The number of hydrogen-bond donors (Lipinski definition) is 3. The summed E-state index contributed by atoms with van der Waals surface area (Å²) in [5, 5.41) is 15.2. The Labute approximate surface area is 112 Å². The second-order valence-corrected chi connectivity index (χ2v) is 5.06. The van der Waals surface area contributed by atoms with Crippen LogP contribution in [0.1, 0.15) is 18.9 Å². The summed E-state index contributed by atoms with van der Waals surface area (Å²) in [5.41, 5.74) is 0.592. The second kappa shape index (κ2) is 6.12. The first-order chi connectivity index (χ1) is 9.06. The lowest BCUT2D eigenvalue weighted by Crippen LogP contribution is -2.44. The van der Waals surface area contributed by atoms with Crippen LogP contribution in [0.15, 0.2) is 24.3 Å². The van der Waals surface area contributed by atoms with Gasteiger partial charge < -0.3 is 15.7 Å². The predicted molar refractivity (Wildman–Crippen MR) is 70.1 cm³/mol. The quantitative estimate of drug-likeness (QED) is 0.748. The Balaban J connectivity index is 1.86. The summed E-state index contributed by atoms with van der Waals surface area (Å²) in [5.74, 6) is -0.390. The van der Waals surface area contributed by atoms with Crippen LogP contribution in [0.2, 0.25) is 0 Å². The molecule has 3 N–H and O–H groups in total. The van der Waals surface area contributed by atoms with Crippen LogP contribution in [0.4, 0.5) is 4.39 Å². The highest BCUT2D eigenvalue weighted by atomic mass is 19.1. The topological polar surface area (TPSA) is 61.4 Å². The van der Waals surface area contributed by atoms with Gasteiger partial charge in [0.2, 0.25) is 5.91 Å². The van der Waals surface area contributed by atoms with Crippen molar-refractivity contribution in [2.24, 2.45) is 0 Å². The van der Waals surface area contributed by atoms with E-state index in [4.69, 9.17) is 0 Å². The summed E-state index contributed by atoms with van der Waals surface area (Å²) in [6, 6.07) is 6.06. The highest BCUT2D eigenvalue weighted by Crippen LogP contribution is 2.10. The van der Waals surface area contributed by atoms with Crippen molar-refractivity contribution in [1.82, 2.24) is 10.6 Å². The number of aliphatic hydroxyl groups is 1. The number of hydrogen-bond acceptors (Lipinski definition) is 3. The van der Waals surface area contributed by atoms with E-state index in [1.54, 1.807) is 18.2 Å². The van der Waals surface area contributed by atoms with Gasteiger partial charge in [-0.3, -0.25) is 4.79 Å². The molecule has 1 aliphatic rings. The number of nitrogens with one attached hydrogen (secondary N) is 2. The maximum absolute atomic E-state index is 13.5. The first-order valence-electron chi connectivity index (χ1n) is 6.51. The molecule has 0 aliphatic carbocycles. The standard InChI is InChI=1S/C14H19FN2O2/c1-9(6-10-4-2-3-5-12(10)15)17-14(19)13-7-11(18)8-16-13/h2-5,9,11,13,16,18H,6-8H2,1H3,(H,17,19)/t9-,11-,13-/m1/s1. The number of carbonyl (C=O) groups excluding carboxylic acids is 1. The van der Waals surface area contributed by atoms with Gasteiger partial charge in [-0.05, 0) is 31.4 Å². The molecule has 1 heterocycles. The van der Waals surface area contributed by atoms with Crippen molar-refractivity contribution in [1.29, 1.82) is 0 Å². The molecular formula is C14H19FN2O2. The molecular weight excluding hydrogens is 247 g/mol. The van der Waals surface area contributed by atoms with Gasteiger partial charge in [-0.15, -0.1) is 0 Å². The second-order valence-electron chi connectivity index (χ2n) is 5.06. The molecule has 104 valence electrons. The van der Waals surface area contributed by atoms with E-state index < -0.39 is 6.10 Å². The Morgan fingerprint density at radius 3 is 2.95 bits per heavy atom. The molecule has 0 bridgehead atoms. The van der Waals surface area contributed by atoms with Crippen molar-refractivity contribution in [3.8, 4) is 0 Å². The molecule has 1 aromatic rings. The molecule has 1 aromatic carbocycles. The zero-order chi connectivity index (χ0) is 13.8. The minimum atomic E-state index is -0.461. The minimum Gasteiger partial charge on any atom is -0.392 e. The number of benzene rings is 1. The molecule has 1 amide bonds. The van der Waals surface area contributed by atoms with Gasteiger partial charge >= 0.3 is 0 Å². The molecule has 1 saturated heterocycles. The SMILES string of the molecule is C[C@H](Cc1ccccc1F)NC(=O)[C@H]1C[C@@H](O)CN1. The number of rotatable bonds is 4. The van der Waals surface area contributed by atoms with Gasteiger partial charge in [-0.1, -0.05) is 18.2 Å². The molecule has 3 atom stereocenters. The lowest BCUT2D eigenvalue weighted by atomic mass is 10.1.